The van der Waals surface area contributed by atoms with Crippen LogP contribution in [0.5, 0.6) is 0 Å². The molecule has 1 aromatic rings. The predicted octanol–water partition coefficient (Wildman–Crippen LogP) is 0.901. The van der Waals surface area contributed by atoms with Gasteiger partial charge in [0.25, 0.3) is 5.69 Å². The molecule has 0 aromatic heterocycles. The summed E-state index contributed by atoms with van der Waals surface area (Å²) in [5.41, 5.74) is -0.131. The summed E-state index contributed by atoms with van der Waals surface area (Å²) < 4.78 is 27.0. The lowest BCUT2D eigenvalue weighted by atomic mass is 9.89. The molecule has 2 aliphatic heterocycles. The SMILES string of the molecule is CC1(CN2CCN(S(=O)(=O)c3ccccc3[N+](=O)[O-])CC2)CCNC1. The number of piperazine rings is 1. The molecule has 0 spiro atoms. The maximum absolute atomic E-state index is 12.8. The van der Waals surface area contributed by atoms with Crippen molar-refractivity contribution in [1.29, 1.82) is 0 Å². The Morgan fingerprint density at radius 3 is 2.52 bits per heavy atom. The van der Waals surface area contributed by atoms with Crippen molar-refractivity contribution in [3.05, 3.63) is 34.4 Å². The quantitative estimate of drug-likeness (QED) is 0.613. The first kappa shape index (κ1) is 18.2. The second-order valence-electron chi connectivity index (χ2n) is 7.14. The summed E-state index contributed by atoms with van der Waals surface area (Å²) in [5, 5.41) is 14.5. The molecular weight excluding hydrogens is 344 g/mol. The van der Waals surface area contributed by atoms with Gasteiger partial charge in [0.1, 0.15) is 0 Å². The van der Waals surface area contributed by atoms with Gasteiger partial charge in [0, 0.05) is 45.3 Å². The van der Waals surface area contributed by atoms with E-state index in [2.05, 4.69) is 17.1 Å². The smallest absolute Gasteiger partial charge is 0.289 e. The van der Waals surface area contributed by atoms with Crippen LogP contribution in [-0.2, 0) is 10.0 Å². The molecule has 8 nitrogen and oxygen atoms in total. The first-order valence-corrected chi connectivity index (χ1v) is 9.93. The summed E-state index contributed by atoms with van der Waals surface area (Å²) in [7, 11) is -3.85. The molecule has 2 fully saturated rings. The Labute approximate surface area is 148 Å². The highest BCUT2D eigenvalue weighted by Gasteiger charge is 2.36. The molecule has 0 aliphatic carbocycles. The predicted molar refractivity (Wildman–Crippen MR) is 93.9 cm³/mol. The van der Waals surface area contributed by atoms with Crippen LogP contribution in [0.2, 0.25) is 0 Å². The molecule has 2 heterocycles. The van der Waals surface area contributed by atoms with Gasteiger partial charge in [-0.25, -0.2) is 8.42 Å². The van der Waals surface area contributed by atoms with E-state index in [0.29, 0.717) is 26.2 Å². The normalized spacial score (nSPS) is 26.0. The number of nitrogens with zero attached hydrogens (tertiary/aromatic N) is 3. The van der Waals surface area contributed by atoms with Gasteiger partial charge < -0.3 is 10.2 Å². The van der Waals surface area contributed by atoms with Crippen LogP contribution in [0.1, 0.15) is 13.3 Å². The fraction of sp³-hybridized carbons (Fsp3) is 0.625. The van der Waals surface area contributed by atoms with E-state index in [0.717, 1.165) is 26.1 Å². The van der Waals surface area contributed by atoms with Crippen LogP contribution in [-0.4, -0.2) is 68.4 Å². The first-order chi connectivity index (χ1) is 11.8. The van der Waals surface area contributed by atoms with Crippen LogP contribution in [0.3, 0.4) is 0 Å². The minimum Gasteiger partial charge on any atom is -0.316 e. The Kier molecular flexibility index (Phi) is 5.10. The van der Waals surface area contributed by atoms with Crippen molar-refractivity contribution in [2.75, 3.05) is 45.8 Å². The third-order valence-corrected chi connectivity index (χ3v) is 7.02. The number of benzene rings is 1. The molecule has 0 amide bonds. The molecule has 2 aliphatic rings. The second kappa shape index (κ2) is 6.99. The van der Waals surface area contributed by atoms with Gasteiger partial charge in [-0.15, -0.1) is 0 Å². The molecule has 2 saturated heterocycles. The van der Waals surface area contributed by atoms with E-state index in [1.807, 2.05) is 0 Å². The van der Waals surface area contributed by atoms with Crippen LogP contribution in [0, 0.1) is 15.5 Å². The van der Waals surface area contributed by atoms with Crippen LogP contribution in [0.4, 0.5) is 5.69 Å². The zero-order valence-electron chi connectivity index (χ0n) is 14.3. The third-order valence-electron chi connectivity index (χ3n) is 5.07. The monoisotopic (exact) mass is 368 g/mol. The lowest BCUT2D eigenvalue weighted by Gasteiger charge is -2.38. The maximum Gasteiger partial charge on any atom is 0.289 e. The van der Waals surface area contributed by atoms with Gasteiger partial charge in [0.2, 0.25) is 10.0 Å². The maximum atomic E-state index is 12.8. The number of nitrogens with one attached hydrogen (secondary N) is 1. The number of para-hydroxylation sites is 1. The Morgan fingerprint density at radius 1 is 1.24 bits per heavy atom. The second-order valence-corrected chi connectivity index (χ2v) is 9.05. The molecular formula is C16H24N4O4S. The van der Waals surface area contributed by atoms with E-state index in [4.69, 9.17) is 0 Å². The summed E-state index contributed by atoms with van der Waals surface area (Å²) in [5.74, 6) is 0. The van der Waals surface area contributed by atoms with E-state index >= 15 is 0 Å². The molecule has 9 heteroatoms. The number of hydrogen-bond acceptors (Lipinski definition) is 6. The Balaban J connectivity index is 1.69. The molecule has 1 N–H and O–H groups in total. The minimum absolute atomic E-state index is 0.222. The first-order valence-electron chi connectivity index (χ1n) is 8.49. The largest absolute Gasteiger partial charge is 0.316 e. The number of nitro groups is 1. The van der Waals surface area contributed by atoms with Crippen molar-refractivity contribution in [1.82, 2.24) is 14.5 Å². The van der Waals surface area contributed by atoms with Gasteiger partial charge in [-0.3, -0.25) is 10.1 Å². The molecule has 1 aromatic carbocycles. The van der Waals surface area contributed by atoms with E-state index in [1.165, 1.54) is 28.6 Å². The van der Waals surface area contributed by atoms with Crippen molar-refractivity contribution in [3.8, 4) is 0 Å². The molecule has 1 unspecified atom stereocenters. The van der Waals surface area contributed by atoms with Gasteiger partial charge >= 0.3 is 0 Å². The standard InChI is InChI=1S/C16H24N4O4S/c1-16(6-7-17-12-16)13-18-8-10-19(11-9-18)25(23,24)15-5-3-2-4-14(15)20(21)22/h2-5,17H,6-13H2,1H3. The minimum atomic E-state index is -3.85. The van der Waals surface area contributed by atoms with Crippen molar-refractivity contribution < 1.29 is 13.3 Å². The average molecular weight is 368 g/mol. The molecule has 0 saturated carbocycles. The lowest BCUT2D eigenvalue weighted by molar-refractivity contribution is -0.387. The Bertz CT molecular complexity index is 738. The summed E-state index contributed by atoms with van der Waals surface area (Å²) in [6.45, 7) is 7.23. The summed E-state index contributed by atoms with van der Waals surface area (Å²) in [6, 6.07) is 5.54. The Morgan fingerprint density at radius 2 is 1.92 bits per heavy atom. The zero-order chi connectivity index (χ0) is 18.1. The van der Waals surface area contributed by atoms with Crippen LogP contribution in [0.15, 0.2) is 29.2 Å². The highest BCUT2D eigenvalue weighted by Crippen LogP contribution is 2.29. The summed E-state index contributed by atoms with van der Waals surface area (Å²) >= 11 is 0. The molecule has 25 heavy (non-hydrogen) atoms. The fourth-order valence-electron chi connectivity index (χ4n) is 3.64. The third kappa shape index (κ3) is 3.84. The van der Waals surface area contributed by atoms with E-state index in [9.17, 15) is 18.5 Å². The van der Waals surface area contributed by atoms with Gasteiger partial charge in [-0.1, -0.05) is 19.1 Å². The van der Waals surface area contributed by atoms with Gasteiger partial charge in [0.05, 0.1) is 4.92 Å². The van der Waals surface area contributed by atoms with Gasteiger partial charge in [-0.05, 0) is 24.4 Å². The number of nitro benzene ring substituents is 1. The van der Waals surface area contributed by atoms with Crippen LogP contribution in [0.25, 0.3) is 0 Å². The zero-order valence-corrected chi connectivity index (χ0v) is 15.2. The van der Waals surface area contributed by atoms with Crippen molar-refractivity contribution in [2.24, 2.45) is 5.41 Å². The van der Waals surface area contributed by atoms with Gasteiger partial charge in [0.15, 0.2) is 4.90 Å². The molecule has 1 atom stereocenters. The van der Waals surface area contributed by atoms with E-state index in [-0.39, 0.29) is 16.0 Å². The molecule has 0 radical (unpaired) electrons. The van der Waals surface area contributed by atoms with E-state index in [1.54, 1.807) is 0 Å². The Hall–Kier alpha value is -1.55. The lowest BCUT2D eigenvalue weighted by Crippen LogP contribution is -2.51. The number of hydrogen-bond donors (Lipinski definition) is 1. The van der Waals surface area contributed by atoms with Crippen molar-refractivity contribution in [3.63, 3.8) is 0 Å². The number of rotatable bonds is 5. The van der Waals surface area contributed by atoms with Crippen molar-refractivity contribution >= 4 is 15.7 Å². The molecule has 138 valence electrons. The molecule has 0 bridgehead atoms. The highest BCUT2D eigenvalue weighted by molar-refractivity contribution is 7.89. The average Bonchev–Trinajstić information content (AvgIpc) is 3.01. The topological polar surface area (TPSA) is 95.8 Å². The number of sulfonamides is 1. The highest BCUT2D eigenvalue weighted by atomic mass is 32.2. The molecule has 3 rings (SSSR count). The van der Waals surface area contributed by atoms with Crippen molar-refractivity contribution in [2.45, 2.75) is 18.2 Å². The van der Waals surface area contributed by atoms with Crippen LogP contribution < -0.4 is 5.32 Å². The summed E-state index contributed by atoms with van der Waals surface area (Å²) in [4.78, 5) is 12.6. The van der Waals surface area contributed by atoms with Crippen LogP contribution >= 0.6 is 0 Å². The fourth-order valence-corrected chi connectivity index (χ4v) is 5.22. The van der Waals surface area contributed by atoms with Gasteiger partial charge in [-0.2, -0.15) is 4.31 Å². The van der Waals surface area contributed by atoms with E-state index < -0.39 is 14.9 Å². The summed E-state index contributed by atoms with van der Waals surface area (Å²) in [6.07, 6.45) is 1.13.